The third-order valence-corrected chi connectivity index (χ3v) is 20.1. The van der Waals surface area contributed by atoms with Crippen molar-refractivity contribution >= 4 is 41.7 Å². The molecule has 2 atom stereocenters. The summed E-state index contributed by atoms with van der Waals surface area (Å²) in [5.41, 5.74) is 4.98. The molecule has 8 rings (SSSR count). The van der Waals surface area contributed by atoms with Crippen LogP contribution in [-0.4, -0.2) is 94.9 Å². The van der Waals surface area contributed by atoms with Crippen LogP contribution in [0.5, 0.6) is 6.01 Å². The summed E-state index contributed by atoms with van der Waals surface area (Å²) in [5.74, 6) is 2.83. The molecule has 4 aliphatic heterocycles. The van der Waals surface area contributed by atoms with Gasteiger partial charge in [-0.15, -0.1) is 5.54 Å². The Hall–Kier alpha value is -4.34. The number of benzene rings is 2. The molecule has 4 saturated heterocycles. The summed E-state index contributed by atoms with van der Waals surface area (Å²) in [6.45, 7) is 22.6. The maximum absolute atomic E-state index is 17.6. The Morgan fingerprint density at radius 3 is 2.24 bits per heavy atom. The normalized spacial score (nSPS) is 20.6. The maximum Gasteiger partial charge on any atom is 0.410 e. The van der Waals surface area contributed by atoms with E-state index in [1.807, 2.05) is 37.8 Å². The van der Waals surface area contributed by atoms with Gasteiger partial charge in [-0.2, -0.15) is 9.97 Å². The second-order valence-corrected chi connectivity index (χ2v) is 25.0. The van der Waals surface area contributed by atoms with Crippen LogP contribution >= 0.6 is 0 Å². The number of amides is 1. The van der Waals surface area contributed by atoms with E-state index in [0.29, 0.717) is 58.5 Å². The molecule has 4 aromatic rings. The van der Waals surface area contributed by atoms with Crippen LogP contribution in [0.2, 0.25) is 16.6 Å². The zero-order chi connectivity index (χ0) is 42.0. The molecule has 9 nitrogen and oxygen atoms in total. The van der Waals surface area contributed by atoms with E-state index in [0.717, 1.165) is 57.0 Å². The molecule has 0 unspecified atom stereocenters. The lowest BCUT2D eigenvalue weighted by molar-refractivity contribution is 0.0122. The molecule has 6 heterocycles. The standard InChI is InChI=1S/C47H60F2N6O3Si/c1-29(2)59(30(3)4,31(5)6)24-19-35-38(48)18-15-32-13-10-14-36(39(32)35)41-40(49)42-37(25-50-41)43(52-44(51-42)57-28-47-20-11-22-54(47)23-12-21-47)53-26-33-16-17-34(27-53)55(33)45(56)58-46(7,8)9/h10,13-15,18,25,29-31,33-34H,11-12,16-17,20-23,26-28H2,1-9H3/t33-,34+. The molecule has 4 aliphatic rings. The average Bonchev–Trinajstić information content (AvgIpc) is 3.84. The highest BCUT2D eigenvalue weighted by Crippen LogP contribution is 2.43. The van der Waals surface area contributed by atoms with Crippen molar-refractivity contribution in [3.05, 3.63) is 53.7 Å². The number of pyridine rings is 1. The maximum atomic E-state index is 17.6. The van der Waals surface area contributed by atoms with Crippen molar-refractivity contribution in [1.82, 2.24) is 24.8 Å². The van der Waals surface area contributed by atoms with E-state index >= 15 is 8.78 Å². The SMILES string of the molecule is CC(C)[Si](C#Cc1c(F)ccc2cccc(-c3ncc4c(N5C[C@H]6CC[C@@H](C5)N6C(=O)OC(C)(C)C)nc(OCC56CCCN5CCC6)nc4c3F)c12)(C(C)C)C(C)C. The molecule has 0 N–H and O–H groups in total. The first-order valence-electron chi connectivity index (χ1n) is 21.8. The van der Waals surface area contributed by atoms with Gasteiger partial charge in [-0.05, 0) is 100 Å². The number of hydrogen-bond donors (Lipinski definition) is 0. The van der Waals surface area contributed by atoms with E-state index in [9.17, 15) is 4.79 Å². The highest BCUT2D eigenvalue weighted by Gasteiger charge is 2.47. The number of carbonyl (C=O) groups excluding carboxylic acids is 1. The van der Waals surface area contributed by atoms with E-state index in [2.05, 4.69) is 62.8 Å². The van der Waals surface area contributed by atoms with Crippen molar-refractivity contribution in [1.29, 1.82) is 0 Å². The molecule has 0 aliphatic carbocycles. The number of ether oxygens (including phenoxy) is 2. The lowest BCUT2D eigenvalue weighted by Crippen LogP contribution is -2.57. The average molecular weight is 823 g/mol. The van der Waals surface area contributed by atoms with Crippen LogP contribution in [0.15, 0.2) is 36.5 Å². The highest BCUT2D eigenvalue weighted by molar-refractivity contribution is 6.90. The Morgan fingerprint density at radius 2 is 1.61 bits per heavy atom. The van der Waals surface area contributed by atoms with Gasteiger partial charge in [0.2, 0.25) is 0 Å². The molecular weight excluding hydrogens is 763 g/mol. The summed E-state index contributed by atoms with van der Waals surface area (Å²) in [7, 11) is -2.23. The molecular formula is C47H60F2N6O3Si. The molecule has 4 fully saturated rings. The summed E-state index contributed by atoms with van der Waals surface area (Å²) >= 11 is 0. The Bertz CT molecular complexity index is 2290. The van der Waals surface area contributed by atoms with Crippen LogP contribution in [0.4, 0.5) is 19.4 Å². The van der Waals surface area contributed by atoms with Crippen LogP contribution in [0, 0.1) is 23.1 Å². The van der Waals surface area contributed by atoms with Crippen molar-refractivity contribution in [2.75, 3.05) is 37.7 Å². The van der Waals surface area contributed by atoms with Crippen LogP contribution in [0.3, 0.4) is 0 Å². The van der Waals surface area contributed by atoms with Gasteiger partial charge in [0, 0.05) is 30.2 Å². The number of aromatic nitrogens is 3. The first-order chi connectivity index (χ1) is 28.0. The molecule has 2 bridgehead atoms. The first-order valence-corrected chi connectivity index (χ1v) is 24.0. The van der Waals surface area contributed by atoms with Gasteiger partial charge in [-0.25, -0.2) is 13.6 Å². The van der Waals surface area contributed by atoms with Gasteiger partial charge in [-0.3, -0.25) is 14.8 Å². The number of anilines is 1. The van der Waals surface area contributed by atoms with Crippen molar-refractivity contribution in [2.24, 2.45) is 0 Å². The number of halogens is 2. The van der Waals surface area contributed by atoms with Gasteiger partial charge in [0.1, 0.15) is 43.1 Å². The minimum Gasteiger partial charge on any atom is -0.461 e. The molecule has 12 heteroatoms. The lowest BCUT2D eigenvalue weighted by atomic mass is 9.95. The number of nitrogens with zero attached hydrogens (tertiary/aromatic N) is 6. The minimum atomic E-state index is -2.23. The Balaban J connectivity index is 1.25. The van der Waals surface area contributed by atoms with Crippen molar-refractivity contribution < 1.29 is 23.0 Å². The Kier molecular flexibility index (Phi) is 10.9. The van der Waals surface area contributed by atoms with Crippen LogP contribution < -0.4 is 9.64 Å². The van der Waals surface area contributed by atoms with Crippen LogP contribution in [-0.2, 0) is 4.74 Å². The summed E-state index contributed by atoms with van der Waals surface area (Å²) < 4.78 is 46.0. The Labute approximate surface area is 349 Å². The topological polar surface area (TPSA) is 83.9 Å². The second kappa shape index (κ2) is 15.6. The largest absolute Gasteiger partial charge is 0.461 e. The molecule has 1 amide bonds. The molecule has 0 saturated carbocycles. The van der Waals surface area contributed by atoms with Crippen molar-refractivity contribution in [2.45, 2.75) is 141 Å². The van der Waals surface area contributed by atoms with Gasteiger partial charge in [-0.1, -0.05) is 71.7 Å². The van der Waals surface area contributed by atoms with Crippen molar-refractivity contribution in [3.63, 3.8) is 0 Å². The molecule has 2 aromatic heterocycles. The predicted octanol–water partition coefficient (Wildman–Crippen LogP) is 10.3. The van der Waals surface area contributed by atoms with Gasteiger partial charge in [0.15, 0.2) is 5.82 Å². The van der Waals surface area contributed by atoms with Crippen LogP contribution in [0.1, 0.15) is 106 Å². The predicted molar refractivity (Wildman–Crippen MR) is 233 cm³/mol. The summed E-state index contributed by atoms with van der Waals surface area (Å²) in [6, 6.07) is 8.67. The van der Waals surface area contributed by atoms with Gasteiger partial charge in [0.05, 0.1) is 28.6 Å². The lowest BCUT2D eigenvalue weighted by Gasteiger charge is -2.42. The smallest absolute Gasteiger partial charge is 0.410 e. The third kappa shape index (κ3) is 7.34. The Morgan fingerprint density at radius 1 is 0.949 bits per heavy atom. The minimum absolute atomic E-state index is 0.0653. The first kappa shape index (κ1) is 41.4. The molecule has 0 radical (unpaired) electrons. The zero-order valence-corrected chi connectivity index (χ0v) is 37.3. The number of rotatable bonds is 8. The fraction of sp³-hybridized carbons (Fsp3) is 0.574. The fourth-order valence-corrected chi connectivity index (χ4v) is 16.3. The monoisotopic (exact) mass is 822 g/mol. The van der Waals surface area contributed by atoms with E-state index in [1.54, 1.807) is 18.3 Å². The second-order valence-electron chi connectivity index (χ2n) is 19.4. The quantitative estimate of drug-likeness (QED) is 0.128. The summed E-state index contributed by atoms with van der Waals surface area (Å²) in [5, 5.41) is 1.74. The summed E-state index contributed by atoms with van der Waals surface area (Å²) in [4.78, 5) is 34.5. The van der Waals surface area contributed by atoms with Gasteiger partial charge in [0.25, 0.3) is 0 Å². The molecule has 2 aromatic carbocycles. The number of carbonyl (C=O) groups is 1. The number of hydrogen-bond acceptors (Lipinski definition) is 8. The molecule has 59 heavy (non-hydrogen) atoms. The van der Waals surface area contributed by atoms with Crippen molar-refractivity contribution in [3.8, 4) is 28.7 Å². The zero-order valence-electron chi connectivity index (χ0n) is 36.3. The van der Waals surface area contributed by atoms with E-state index in [4.69, 9.17) is 24.4 Å². The number of piperazine rings is 1. The van der Waals surface area contributed by atoms with E-state index in [-0.39, 0.29) is 46.5 Å². The number of fused-ring (bicyclic) bond motifs is 5. The van der Waals surface area contributed by atoms with E-state index < -0.39 is 25.3 Å². The molecule has 314 valence electrons. The third-order valence-electron chi connectivity index (χ3n) is 13.8. The van der Waals surface area contributed by atoms with Gasteiger partial charge < -0.3 is 14.4 Å². The van der Waals surface area contributed by atoms with E-state index in [1.165, 1.54) is 6.07 Å². The molecule has 0 spiro atoms. The highest BCUT2D eigenvalue weighted by atomic mass is 28.3. The fourth-order valence-electron chi connectivity index (χ4n) is 11.1. The van der Waals surface area contributed by atoms with Crippen LogP contribution in [0.25, 0.3) is 32.9 Å². The summed E-state index contributed by atoms with van der Waals surface area (Å²) in [6.07, 6.45) is 7.33. The van der Waals surface area contributed by atoms with Gasteiger partial charge >= 0.3 is 12.1 Å².